The van der Waals surface area contributed by atoms with Crippen molar-refractivity contribution in [3.05, 3.63) is 85.1 Å². The molecule has 77 heavy (non-hydrogen) atoms. The third-order valence-corrected chi connectivity index (χ3v) is 14.4. The largest absolute Gasteiger partial charge is 0.462 e. The van der Waals surface area contributed by atoms with Crippen LogP contribution in [0.25, 0.3) is 0 Å². The van der Waals surface area contributed by atoms with Crippen molar-refractivity contribution in [2.75, 3.05) is 13.2 Å². The van der Waals surface area contributed by atoms with Gasteiger partial charge in [0.25, 0.3) is 0 Å². The van der Waals surface area contributed by atoms with E-state index in [-0.39, 0.29) is 37.5 Å². The van der Waals surface area contributed by atoms with E-state index in [2.05, 4.69) is 106 Å². The molecule has 0 spiro atoms. The van der Waals surface area contributed by atoms with Gasteiger partial charge >= 0.3 is 17.9 Å². The maximum atomic E-state index is 12.9. The Morgan fingerprint density at radius 1 is 0.273 bits per heavy atom. The standard InChI is InChI=1S/C71H124O6/c1-4-7-10-13-16-19-22-25-28-30-31-32-33-34-35-36-37-38-39-41-43-46-49-52-55-58-61-64-70(73)76-67-68(66-75-69(72)63-60-57-54-51-48-45-42-27-24-21-18-15-12-9-6-3)77-71(74)65-62-59-56-53-50-47-44-40-29-26-23-20-17-14-11-8-5-2/h8,11,17,20,26-27,29-31,42,44,47,53,56,68H,4-7,9-10,12-16,18-19,21-25,28,32-41,43,45-46,48-52,54-55,57-67H2,1-3H3/b11-8-,20-17-,29-26-,31-30-,42-27-,47-44-,56-53-. The van der Waals surface area contributed by atoms with Crippen molar-refractivity contribution in [3.63, 3.8) is 0 Å². The van der Waals surface area contributed by atoms with Gasteiger partial charge in [0.05, 0.1) is 0 Å². The predicted octanol–water partition coefficient (Wildman–Crippen LogP) is 22.7. The van der Waals surface area contributed by atoms with Gasteiger partial charge in [-0.3, -0.25) is 14.4 Å². The summed E-state index contributed by atoms with van der Waals surface area (Å²) in [7, 11) is 0. The van der Waals surface area contributed by atoms with E-state index in [4.69, 9.17) is 14.2 Å². The zero-order valence-corrected chi connectivity index (χ0v) is 51.0. The van der Waals surface area contributed by atoms with Crippen LogP contribution in [0.15, 0.2) is 85.1 Å². The van der Waals surface area contributed by atoms with E-state index in [0.717, 1.165) is 83.5 Å². The first-order valence-electron chi connectivity index (χ1n) is 33.1. The highest BCUT2D eigenvalue weighted by Gasteiger charge is 2.19. The first-order valence-corrected chi connectivity index (χ1v) is 33.1. The molecule has 1 atom stereocenters. The lowest BCUT2D eigenvalue weighted by molar-refractivity contribution is -0.167. The molecular weight excluding hydrogens is 949 g/mol. The van der Waals surface area contributed by atoms with Crippen LogP contribution in [0.5, 0.6) is 0 Å². The van der Waals surface area contributed by atoms with E-state index in [1.807, 2.05) is 0 Å². The summed E-state index contributed by atoms with van der Waals surface area (Å²) >= 11 is 0. The number of allylic oxidation sites excluding steroid dienone is 14. The van der Waals surface area contributed by atoms with Gasteiger partial charge in [0, 0.05) is 19.3 Å². The highest BCUT2D eigenvalue weighted by Crippen LogP contribution is 2.17. The summed E-state index contributed by atoms with van der Waals surface area (Å²) < 4.78 is 16.9. The number of unbranched alkanes of at least 4 members (excludes halogenated alkanes) is 35. The lowest BCUT2D eigenvalue weighted by atomic mass is 10.0. The van der Waals surface area contributed by atoms with Crippen molar-refractivity contribution in [2.45, 2.75) is 335 Å². The van der Waals surface area contributed by atoms with Gasteiger partial charge in [0.1, 0.15) is 13.2 Å². The summed E-state index contributed by atoms with van der Waals surface area (Å²) in [5.74, 6) is -0.955. The Bertz CT molecular complexity index is 1470. The van der Waals surface area contributed by atoms with Crippen LogP contribution in [0.3, 0.4) is 0 Å². The van der Waals surface area contributed by atoms with E-state index in [1.165, 1.54) is 199 Å². The van der Waals surface area contributed by atoms with Crippen molar-refractivity contribution in [2.24, 2.45) is 0 Å². The highest BCUT2D eigenvalue weighted by molar-refractivity contribution is 5.71. The molecule has 0 heterocycles. The van der Waals surface area contributed by atoms with Crippen molar-refractivity contribution in [1.82, 2.24) is 0 Å². The lowest BCUT2D eigenvalue weighted by Crippen LogP contribution is -2.30. The van der Waals surface area contributed by atoms with Crippen LogP contribution in [0.4, 0.5) is 0 Å². The summed E-state index contributed by atoms with van der Waals surface area (Å²) in [5.41, 5.74) is 0. The summed E-state index contributed by atoms with van der Waals surface area (Å²) in [6.45, 7) is 6.50. The molecule has 0 aliphatic heterocycles. The maximum Gasteiger partial charge on any atom is 0.306 e. The Morgan fingerprint density at radius 3 is 0.844 bits per heavy atom. The summed E-state index contributed by atoms with van der Waals surface area (Å²) in [4.78, 5) is 38.3. The molecule has 0 bridgehead atoms. The highest BCUT2D eigenvalue weighted by atomic mass is 16.6. The normalized spacial score (nSPS) is 12.6. The Labute approximate surface area is 477 Å². The molecule has 0 radical (unpaired) electrons. The van der Waals surface area contributed by atoms with Crippen molar-refractivity contribution in [3.8, 4) is 0 Å². The molecule has 0 fully saturated rings. The van der Waals surface area contributed by atoms with Gasteiger partial charge in [-0.1, -0.05) is 286 Å². The van der Waals surface area contributed by atoms with Gasteiger partial charge in [-0.25, -0.2) is 0 Å². The van der Waals surface area contributed by atoms with E-state index < -0.39 is 6.10 Å². The predicted molar refractivity (Wildman–Crippen MR) is 334 cm³/mol. The average Bonchev–Trinajstić information content (AvgIpc) is 3.43. The van der Waals surface area contributed by atoms with Crippen molar-refractivity contribution >= 4 is 17.9 Å². The minimum atomic E-state index is -0.810. The first-order chi connectivity index (χ1) is 38.0. The molecule has 0 aromatic carbocycles. The fourth-order valence-corrected chi connectivity index (χ4v) is 9.41. The second-order valence-electron chi connectivity index (χ2n) is 22.0. The summed E-state index contributed by atoms with van der Waals surface area (Å²) in [6.07, 6.45) is 86.1. The second kappa shape index (κ2) is 65.1. The van der Waals surface area contributed by atoms with E-state index in [9.17, 15) is 14.4 Å². The summed E-state index contributed by atoms with van der Waals surface area (Å²) in [5, 5.41) is 0. The molecule has 0 amide bonds. The molecule has 0 N–H and O–H groups in total. The second-order valence-corrected chi connectivity index (χ2v) is 22.0. The van der Waals surface area contributed by atoms with Crippen LogP contribution < -0.4 is 0 Å². The molecule has 6 nitrogen and oxygen atoms in total. The molecule has 444 valence electrons. The van der Waals surface area contributed by atoms with Gasteiger partial charge in [-0.05, 0) is 109 Å². The molecule has 0 rings (SSSR count). The monoisotopic (exact) mass is 1070 g/mol. The number of ether oxygens (including phenoxy) is 3. The first kappa shape index (κ1) is 73.6. The lowest BCUT2D eigenvalue weighted by Gasteiger charge is -2.18. The average molecular weight is 1070 g/mol. The fourth-order valence-electron chi connectivity index (χ4n) is 9.41. The van der Waals surface area contributed by atoms with E-state index >= 15 is 0 Å². The maximum absolute atomic E-state index is 12.9. The Kier molecular flexibility index (Phi) is 62.2. The number of carbonyl (C=O) groups is 3. The molecule has 0 aromatic heterocycles. The van der Waals surface area contributed by atoms with Crippen LogP contribution in [0.1, 0.15) is 329 Å². The van der Waals surface area contributed by atoms with Gasteiger partial charge < -0.3 is 14.2 Å². The number of esters is 3. The van der Waals surface area contributed by atoms with Gasteiger partial charge in [-0.2, -0.15) is 0 Å². The minimum absolute atomic E-state index is 0.0998. The van der Waals surface area contributed by atoms with Crippen molar-refractivity contribution < 1.29 is 28.6 Å². The molecule has 1 unspecified atom stereocenters. The molecule has 0 aromatic rings. The van der Waals surface area contributed by atoms with Gasteiger partial charge in [0.15, 0.2) is 6.10 Å². The number of hydrogen-bond acceptors (Lipinski definition) is 6. The van der Waals surface area contributed by atoms with E-state index in [1.54, 1.807) is 0 Å². The third kappa shape index (κ3) is 63.3. The Morgan fingerprint density at radius 2 is 0.519 bits per heavy atom. The molecule has 0 aliphatic carbocycles. The summed E-state index contributed by atoms with van der Waals surface area (Å²) in [6, 6.07) is 0. The molecule has 0 saturated carbocycles. The van der Waals surface area contributed by atoms with Crippen LogP contribution in [0, 0.1) is 0 Å². The minimum Gasteiger partial charge on any atom is -0.462 e. The van der Waals surface area contributed by atoms with Crippen LogP contribution >= 0.6 is 0 Å². The number of hydrogen-bond donors (Lipinski definition) is 0. The van der Waals surface area contributed by atoms with E-state index in [0.29, 0.717) is 19.3 Å². The third-order valence-electron chi connectivity index (χ3n) is 14.4. The van der Waals surface area contributed by atoms with Gasteiger partial charge in [-0.15, -0.1) is 0 Å². The van der Waals surface area contributed by atoms with Crippen molar-refractivity contribution in [1.29, 1.82) is 0 Å². The zero-order chi connectivity index (χ0) is 55.7. The number of rotatable bonds is 60. The van der Waals surface area contributed by atoms with Crippen LogP contribution in [-0.4, -0.2) is 37.2 Å². The Hall–Kier alpha value is -3.41. The fraction of sp³-hybridized carbons (Fsp3) is 0.761. The zero-order valence-electron chi connectivity index (χ0n) is 51.0. The number of carbonyl (C=O) groups excluding carboxylic acids is 3. The van der Waals surface area contributed by atoms with Crippen LogP contribution in [-0.2, 0) is 28.6 Å². The molecule has 0 saturated heterocycles. The SMILES string of the molecule is CC/C=C\C/C=C\C/C=C\C/C=C\C/C=C\CCCC(=O)OC(COC(=O)CCCCCCC/C=C\CCCCCCCC)COC(=O)CCCCCCCCCCCCCCCCC/C=C\CCCCCCCCCC. The Balaban J connectivity index is 4.33. The smallest absolute Gasteiger partial charge is 0.306 e. The van der Waals surface area contributed by atoms with Crippen LogP contribution in [0.2, 0.25) is 0 Å². The molecule has 6 heteroatoms. The topological polar surface area (TPSA) is 78.9 Å². The quantitative estimate of drug-likeness (QED) is 0.0261. The molecular formula is C71H124O6. The molecule has 0 aliphatic rings. The van der Waals surface area contributed by atoms with Gasteiger partial charge in [0.2, 0.25) is 0 Å².